The van der Waals surface area contributed by atoms with Gasteiger partial charge in [0.15, 0.2) is 5.75 Å². The van der Waals surface area contributed by atoms with Gasteiger partial charge in [-0.05, 0) is 22.0 Å². The van der Waals surface area contributed by atoms with Crippen LogP contribution in [-0.4, -0.2) is 5.11 Å². The summed E-state index contributed by atoms with van der Waals surface area (Å²) in [6.07, 6.45) is 0. The Morgan fingerprint density at radius 1 is 1.06 bits per heavy atom. The first-order chi connectivity index (χ1) is 7.81. The Balaban J connectivity index is 2.56. The summed E-state index contributed by atoms with van der Waals surface area (Å²) in [4.78, 5) is 10.5. The van der Waals surface area contributed by atoms with E-state index < -0.39 is 0 Å². The summed E-state index contributed by atoms with van der Waals surface area (Å²) < 4.78 is 0.908. The molecule has 0 aliphatic heterocycles. The van der Waals surface area contributed by atoms with Gasteiger partial charge in [0, 0.05) is 10.1 Å². The molecule has 0 saturated heterocycles. The third-order valence-electron chi connectivity index (χ3n) is 2.62. The van der Waals surface area contributed by atoms with Crippen molar-refractivity contribution in [1.82, 2.24) is 0 Å². The van der Waals surface area contributed by atoms with Crippen LogP contribution < -0.4 is 0 Å². The third-order valence-corrected chi connectivity index (χ3v) is 3.72. The van der Waals surface area contributed by atoms with Crippen molar-refractivity contribution in [1.29, 1.82) is 0 Å². The van der Waals surface area contributed by atoms with Crippen molar-refractivity contribution < 1.29 is 5.11 Å². The van der Waals surface area contributed by atoms with E-state index in [0.29, 0.717) is 5.39 Å². The van der Waals surface area contributed by atoms with Crippen LogP contribution in [0, 0.1) is 4.91 Å². The SMILES string of the molecule is O=Nc1sc2c(ccc3ccccc32)c1O. The van der Waals surface area contributed by atoms with E-state index in [1.54, 1.807) is 0 Å². The summed E-state index contributed by atoms with van der Waals surface area (Å²) in [7, 11) is 0. The molecule has 16 heavy (non-hydrogen) atoms. The third kappa shape index (κ3) is 1.13. The van der Waals surface area contributed by atoms with E-state index in [4.69, 9.17) is 0 Å². The summed E-state index contributed by atoms with van der Waals surface area (Å²) in [5, 5.41) is 15.6. The number of hydrogen-bond donors (Lipinski definition) is 1. The van der Waals surface area contributed by atoms with Gasteiger partial charge in [0.2, 0.25) is 5.00 Å². The quantitative estimate of drug-likeness (QED) is 0.637. The number of rotatable bonds is 1. The van der Waals surface area contributed by atoms with Crippen LogP contribution in [0.5, 0.6) is 5.75 Å². The number of fused-ring (bicyclic) bond motifs is 3. The van der Waals surface area contributed by atoms with Crippen molar-refractivity contribution in [2.45, 2.75) is 0 Å². The molecule has 2 aromatic carbocycles. The van der Waals surface area contributed by atoms with E-state index in [-0.39, 0.29) is 10.8 Å². The lowest BCUT2D eigenvalue weighted by Gasteiger charge is -1.97. The number of aromatic hydroxyl groups is 1. The molecule has 3 nitrogen and oxygen atoms in total. The fraction of sp³-hybridized carbons (Fsp3) is 0. The van der Waals surface area contributed by atoms with Gasteiger partial charge in [-0.2, -0.15) is 0 Å². The number of nitroso groups, excluding NO2 is 1. The van der Waals surface area contributed by atoms with Crippen LogP contribution in [0.15, 0.2) is 41.6 Å². The smallest absolute Gasteiger partial charge is 0.203 e. The van der Waals surface area contributed by atoms with E-state index in [1.165, 1.54) is 11.3 Å². The molecule has 0 fully saturated rings. The predicted octanol–water partition coefficient (Wildman–Crippen LogP) is 4.16. The van der Waals surface area contributed by atoms with Crippen molar-refractivity contribution in [2.24, 2.45) is 5.18 Å². The molecular weight excluding hydrogens is 222 g/mol. The predicted molar refractivity (Wildman–Crippen MR) is 66.5 cm³/mol. The number of thiophene rings is 1. The highest BCUT2D eigenvalue weighted by molar-refractivity contribution is 7.24. The van der Waals surface area contributed by atoms with Crippen LogP contribution in [0.25, 0.3) is 20.9 Å². The van der Waals surface area contributed by atoms with Gasteiger partial charge in [0.05, 0.1) is 0 Å². The van der Waals surface area contributed by atoms with Crippen LogP contribution in [0.1, 0.15) is 0 Å². The first kappa shape index (κ1) is 9.30. The molecule has 1 N–H and O–H groups in total. The molecule has 0 saturated carbocycles. The van der Waals surface area contributed by atoms with Gasteiger partial charge in [-0.15, -0.1) is 16.2 Å². The maximum absolute atomic E-state index is 10.5. The zero-order valence-electron chi connectivity index (χ0n) is 8.18. The molecule has 3 rings (SSSR count). The summed E-state index contributed by atoms with van der Waals surface area (Å²) in [5.74, 6) is -0.0132. The number of hydrogen-bond acceptors (Lipinski definition) is 4. The zero-order valence-corrected chi connectivity index (χ0v) is 8.99. The lowest BCUT2D eigenvalue weighted by molar-refractivity contribution is 0.485. The molecule has 0 aliphatic carbocycles. The topological polar surface area (TPSA) is 49.7 Å². The van der Waals surface area contributed by atoms with E-state index in [2.05, 4.69) is 5.18 Å². The Labute approximate surface area is 94.9 Å². The Hall–Kier alpha value is -1.94. The van der Waals surface area contributed by atoms with Crippen molar-refractivity contribution >= 4 is 37.2 Å². The maximum Gasteiger partial charge on any atom is 0.203 e. The first-order valence-corrected chi connectivity index (χ1v) is 5.59. The monoisotopic (exact) mass is 229 g/mol. The van der Waals surface area contributed by atoms with Crippen LogP contribution in [0.2, 0.25) is 0 Å². The van der Waals surface area contributed by atoms with Gasteiger partial charge in [0.1, 0.15) is 0 Å². The van der Waals surface area contributed by atoms with Gasteiger partial charge >= 0.3 is 0 Å². The highest BCUT2D eigenvalue weighted by atomic mass is 32.1. The van der Waals surface area contributed by atoms with Crippen LogP contribution in [0.3, 0.4) is 0 Å². The molecule has 0 radical (unpaired) electrons. The second kappa shape index (κ2) is 3.28. The largest absolute Gasteiger partial charge is 0.504 e. The molecule has 78 valence electrons. The highest BCUT2D eigenvalue weighted by Gasteiger charge is 2.13. The second-order valence-electron chi connectivity index (χ2n) is 3.51. The van der Waals surface area contributed by atoms with E-state index in [9.17, 15) is 10.0 Å². The number of benzene rings is 2. The molecule has 0 unspecified atom stereocenters. The van der Waals surface area contributed by atoms with Gasteiger partial charge in [-0.25, -0.2) is 0 Å². The molecule has 3 aromatic rings. The van der Waals surface area contributed by atoms with E-state index in [1.807, 2.05) is 36.4 Å². The van der Waals surface area contributed by atoms with Crippen LogP contribution in [-0.2, 0) is 0 Å². The molecule has 1 heterocycles. The van der Waals surface area contributed by atoms with Crippen molar-refractivity contribution in [3.63, 3.8) is 0 Å². The summed E-state index contributed by atoms with van der Waals surface area (Å²) in [5.41, 5.74) is 0. The minimum atomic E-state index is -0.0132. The highest BCUT2D eigenvalue weighted by Crippen LogP contribution is 2.45. The van der Waals surface area contributed by atoms with Crippen molar-refractivity contribution in [3.8, 4) is 5.75 Å². The average Bonchev–Trinajstić information content (AvgIpc) is 2.67. The maximum atomic E-state index is 10.5. The van der Waals surface area contributed by atoms with Gasteiger partial charge in [-0.3, -0.25) is 0 Å². The van der Waals surface area contributed by atoms with Crippen molar-refractivity contribution in [3.05, 3.63) is 41.3 Å². The van der Waals surface area contributed by atoms with E-state index in [0.717, 1.165) is 15.5 Å². The summed E-state index contributed by atoms with van der Waals surface area (Å²) >= 11 is 1.22. The lowest BCUT2D eigenvalue weighted by atomic mass is 10.1. The van der Waals surface area contributed by atoms with Crippen molar-refractivity contribution in [2.75, 3.05) is 0 Å². The molecule has 0 atom stereocenters. The minimum absolute atomic E-state index is 0.0132. The van der Waals surface area contributed by atoms with Gasteiger partial charge in [0.25, 0.3) is 0 Å². The lowest BCUT2D eigenvalue weighted by Crippen LogP contribution is -1.71. The molecule has 0 spiro atoms. The molecule has 0 bridgehead atoms. The molecule has 0 amide bonds. The molecular formula is C12H7NO2S. The fourth-order valence-corrected chi connectivity index (χ4v) is 2.87. The fourth-order valence-electron chi connectivity index (χ4n) is 1.86. The Morgan fingerprint density at radius 3 is 2.69 bits per heavy atom. The van der Waals surface area contributed by atoms with Gasteiger partial charge < -0.3 is 5.11 Å². The normalized spacial score (nSPS) is 11.0. The Morgan fingerprint density at radius 2 is 1.88 bits per heavy atom. The van der Waals surface area contributed by atoms with Gasteiger partial charge in [-0.1, -0.05) is 30.3 Å². The molecule has 0 aliphatic rings. The molecule has 1 aromatic heterocycles. The standard InChI is InChI=1S/C12H7NO2S/c14-10-9-6-5-7-3-1-2-4-8(7)11(9)16-12(10)13-15/h1-6,14H. The minimum Gasteiger partial charge on any atom is -0.504 e. The first-order valence-electron chi connectivity index (χ1n) is 4.78. The Bertz CT molecular complexity index is 703. The summed E-state index contributed by atoms with van der Waals surface area (Å²) in [6, 6.07) is 11.6. The second-order valence-corrected chi connectivity index (χ2v) is 4.51. The number of nitrogens with zero attached hydrogens (tertiary/aromatic N) is 1. The molecule has 4 heteroatoms. The van der Waals surface area contributed by atoms with Crippen LogP contribution >= 0.6 is 11.3 Å². The van der Waals surface area contributed by atoms with Crippen LogP contribution in [0.4, 0.5) is 5.00 Å². The zero-order chi connectivity index (χ0) is 11.1. The van der Waals surface area contributed by atoms with E-state index >= 15 is 0 Å². The Kier molecular flexibility index (Phi) is 1.91. The summed E-state index contributed by atoms with van der Waals surface area (Å²) in [6.45, 7) is 0. The average molecular weight is 229 g/mol.